The molecule has 2 atom stereocenters. The maximum atomic E-state index is 8.94. The highest BCUT2D eigenvalue weighted by atomic mass is 16.5. The molecule has 4 heteroatoms. The molecule has 0 aliphatic carbocycles. The number of nitriles is 1. The van der Waals surface area contributed by atoms with Gasteiger partial charge in [-0.3, -0.25) is 0 Å². The highest BCUT2D eigenvalue weighted by molar-refractivity contribution is 5.63. The SMILES string of the molecule is CNCCC1Oc2ccc(C#N)cc2N(C)C1C. The van der Waals surface area contributed by atoms with Crippen molar-refractivity contribution in [3.8, 4) is 11.8 Å². The Hall–Kier alpha value is -1.73. The van der Waals surface area contributed by atoms with E-state index in [9.17, 15) is 0 Å². The van der Waals surface area contributed by atoms with E-state index in [4.69, 9.17) is 10.00 Å². The van der Waals surface area contributed by atoms with Gasteiger partial charge in [-0.05, 0) is 45.1 Å². The van der Waals surface area contributed by atoms with Crippen molar-refractivity contribution < 1.29 is 4.74 Å². The van der Waals surface area contributed by atoms with E-state index in [1.807, 2.05) is 19.2 Å². The Kier molecular flexibility index (Phi) is 3.73. The first-order chi connectivity index (χ1) is 8.67. The Bertz CT molecular complexity index is 467. The van der Waals surface area contributed by atoms with Crippen molar-refractivity contribution in [2.45, 2.75) is 25.5 Å². The fourth-order valence-corrected chi connectivity index (χ4v) is 2.28. The van der Waals surface area contributed by atoms with Crippen LogP contribution in [0, 0.1) is 11.3 Å². The van der Waals surface area contributed by atoms with Crippen LogP contribution in [0.15, 0.2) is 18.2 Å². The van der Waals surface area contributed by atoms with Gasteiger partial charge in [-0.2, -0.15) is 5.26 Å². The molecular formula is C14H19N3O. The van der Waals surface area contributed by atoms with E-state index in [2.05, 4.69) is 30.3 Å². The van der Waals surface area contributed by atoms with Gasteiger partial charge in [0.15, 0.2) is 0 Å². The Balaban J connectivity index is 2.26. The number of nitrogens with one attached hydrogen (secondary N) is 1. The number of nitrogens with zero attached hydrogens (tertiary/aromatic N) is 2. The summed E-state index contributed by atoms with van der Waals surface area (Å²) in [7, 11) is 4.00. The molecule has 4 nitrogen and oxygen atoms in total. The van der Waals surface area contributed by atoms with Gasteiger partial charge in [0.05, 0.1) is 23.4 Å². The number of fused-ring (bicyclic) bond motifs is 1. The van der Waals surface area contributed by atoms with Crippen molar-refractivity contribution in [2.24, 2.45) is 0 Å². The van der Waals surface area contributed by atoms with Crippen LogP contribution in [0.4, 0.5) is 5.69 Å². The zero-order valence-electron chi connectivity index (χ0n) is 11.1. The third kappa shape index (κ3) is 2.27. The molecule has 1 aliphatic heterocycles. The fraction of sp³-hybridized carbons (Fsp3) is 0.500. The molecule has 1 N–H and O–H groups in total. The summed E-state index contributed by atoms with van der Waals surface area (Å²) in [6, 6.07) is 8.05. The monoisotopic (exact) mass is 245 g/mol. The zero-order valence-corrected chi connectivity index (χ0v) is 11.1. The standard InChI is InChI=1S/C14H19N3O/c1-10-13(6-7-16-2)18-14-5-4-11(9-15)8-12(14)17(10)3/h4-5,8,10,13,16H,6-7H2,1-3H3. The lowest BCUT2D eigenvalue weighted by atomic mass is 10.0. The number of rotatable bonds is 3. The van der Waals surface area contributed by atoms with Gasteiger partial charge in [0, 0.05) is 7.05 Å². The third-order valence-corrected chi connectivity index (χ3v) is 3.57. The summed E-state index contributed by atoms with van der Waals surface area (Å²) >= 11 is 0. The summed E-state index contributed by atoms with van der Waals surface area (Å²) in [5.41, 5.74) is 1.67. The van der Waals surface area contributed by atoms with Crippen LogP contribution < -0.4 is 15.0 Å². The molecule has 18 heavy (non-hydrogen) atoms. The summed E-state index contributed by atoms with van der Waals surface area (Å²) in [5.74, 6) is 0.871. The number of anilines is 1. The molecular weight excluding hydrogens is 226 g/mol. The second-order valence-corrected chi connectivity index (χ2v) is 4.69. The van der Waals surface area contributed by atoms with Crippen molar-refractivity contribution in [2.75, 3.05) is 25.5 Å². The average molecular weight is 245 g/mol. The number of likely N-dealkylation sites (N-methyl/N-ethyl adjacent to an activating group) is 1. The van der Waals surface area contributed by atoms with Crippen molar-refractivity contribution in [1.82, 2.24) is 5.32 Å². The molecule has 1 aromatic carbocycles. The van der Waals surface area contributed by atoms with E-state index in [-0.39, 0.29) is 6.10 Å². The van der Waals surface area contributed by atoms with Gasteiger partial charge in [0.25, 0.3) is 0 Å². The highest BCUT2D eigenvalue weighted by Crippen LogP contribution is 2.36. The summed E-state index contributed by atoms with van der Waals surface area (Å²) in [6.07, 6.45) is 1.16. The van der Waals surface area contributed by atoms with Crippen LogP contribution in [0.1, 0.15) is 18.9 Å². The lowest BCUT2D eigenvalue weighted by molar-refractivity contribution is 0.152. The minimum atomic E-state index is 0.183. The number of hydrogen-bond acceptors (Lipinski definition) is 4. The lowest BCUT2D eigenvalue weighted by Crippen LogP contribution is -2.46. The molecule has 1 aliphatic rings. The van der Waals surface area contributed by atoms with Crippen LogP contribution in [-0.4, -0.2) is 32.8 Å². The molecule has 2 rings (SSSR count). The van der Waals surface area contributed by atoms with Crippen molar-refractivity contribution in [1.29, 1.82) is 5.26 Å². The lowest BCUT2D eigenvalue weighted by Gasteiger charge is -2.40. The molecule has 2 unspecified atom stereocenters. The number of benzene rings is 1. The molecule has 0 amide bonds. The molecule has 0 radical (unpaired) electrons. The molecule has 96 valence electrons. The maximum absolute atomic E-state index is 8.94. The van der Waals surface area contributed by atoms with Gasteiger partial charge in [-0.25, -0.2) is 0 Å². The van der Waals surface area contributed by atoms with Crippen LogP contribution in [0.2, 0.25) is 0 Å². The van der Waals surface area contributed by atoms with Crippen molar-refractivity contribution >= 4 is 5.69 Å². The van der Waals surface area contributed by atoms with E-state index in [1.165, 1.54) is 0 Å². The molecule has 1 heterocycles. The first kappa shape index (κ1) is 12.7. The zero-order chi connectivity index (χ0) is 13.1. The van der Waals surface area contributed by atoms with Gasteiger partial charge in [0.1, 0.15) is 11.9 Å². The molecule has 0 saturated carbocycles. The van der Waals surface area contributed by atoms with Crippen LogP contribution in [-0.2, 0) is 0 Å². The molecule has 0 spiro atoms. The summed E-state index contributed by atoms with van der Waals surface area (Å²) in [6.45, 7) is 3.09. The largest absolute Gasteiger partial charge is 0.486 e. The topological polar surface area (TPSA) is 48.3 Å². The van der Waals surface area contributed by atoms with E-state index in [0.717, 1.165) is 24.4 Å². The summed E-state index contributed by atoms with van der Waals surface area (Å²) in [4.78, 5) is 2.19. The predicted molar refractivity (Wildman–Crippen MR) is 72.0 cm³/mol. The van der Waals surface area contributed by atoms with E-state index in [0.29, 0.717) is 11.6 Å². The number of ether oxygens (including phenoxy) is 1. The van der Waals surface area contributed by atoms with E-state index < -0.39 is 0 Å². The quantitative estimate of drug-likeness (QED) is 0.881. The highest BCUT2D eigenvalue weighted by Gasteiger charge is 2.30. The van der Waals surface area contributed by atoms with Gasteiger partial charge in [0.2, 0.25) is 0 Å². The average Bonchev–Trinajstić information content (AvgIpc) is 2.41. The Labute approximate surface area is 108 Å². The molecule has 0 bridgehead atoms. The summed E-state index contributed by atoms with van der Waals surface area (Å²) in [5, 5.41) is 12.1. The Morgan fingerprint density at radius 2 is 2.28 bits per heavy atom. The predicted octanol–water partition coefficient (Wildman–Crippen LogP) is 1.75. The van der Waals surface area contributed by atoms with Crippen LogP contribution in [0.3, 0.4) is 0 Å². The minimum absolute atomic E-state index is 0.183. The Morgan fingerprint density at radius 1 is 1.50 bits per heavy atom. The normalized spacial score (nSPS) is 22.0. The van der Waals surface area contributed by atoms with Gasteiger partial charge >= 0.3 is 0 Å². The second-order valence-electron chi connectivity index (χ2n) is 4.69. The molecule has 0 fully saturated rings. The Morgan fingerprint density at radius 3 is 2.94 bits per heavy atom. The van der Waals surface area contributed by atoms with Crippen LogP contribution in [0.25, 0.3) is 0 Å². The maximum Gasteiger partial charge on any atom is 0.143 e. The van der Waals surface area contributed by atoms with Crippen LogP contribution in [0.5, 0.6) is 5.75 Å². The second kappa shape index (κ2) is 5.28. The smallest absolute Gasteiger partial charge is 0.143 e. The van der Waals surface area contributed by atoms with E-state index in [1.54, 1.807) is 6.07 Å². The molecule has 0 aromatic heterocycles. The molecule has 0 saturated heterocycles. The van der Waals surface area contributed by atoms with Crippen molar-refractivity contribution in [3.63, 3.8) is 0 Å². The van der Waals surface area contributed by atoms with Crippen LogP contribution >= 0.6 is 0 Å². The number of hydrogen-bond donors (Lipinski definition) is 1. The fourth-order valence-electron chi connectivity index (χ4n) is 2.28. The van der Waals surface area contributed by atoms with Gasteiger partial charge < -0.3 is 15.0 Å². The third-order valence-electron chi connectivity index (χ3n) is 3.57. The molecule has 1 aromatic rings. The van der Waals surface area contributed by atoms with Crippen molar-refractivity contribution in [3.05, 3.63) is 23.8 Å². The van der Waals surface area contributed by atoms with Gasteiger partial charge in [-0.1, -0.05) is 0 Å². The van der Waals surface area contributed by atoms with E-state index >= 15 is 0 Å². The first-order valence-corrected chi connectivity index (χ1v) is 6.25. The van der Waals surface area contributed by atoms with Gasteiger partial charge in [-0.15, -0.1) is 0 Å². The summed E-state index contributed by atoms with van der Waals surface area (Å²) < 4.78 is 6.03. The first-order valence-electron chi connectivity index (χ1n) is 6.25. The minimum Gasteiger partial charge on any atom is -0.486 e.